The van der Waals surface area contributed by atoms with E-state index >= 15 is 0 Å². The lowest BCUT2D eigenvalue weighted by atomic mass is 9.82. The van der Waals surface area contributed by atoms with E-state index in [-0.39, 0.29) is 5.41 Å². The molecule has 0 radical (unpaired) electrons. The Kier molecular flexibility index (Phi) is 4.70. The lowest BCUT2D eigenvalue weighted by molar-refractivity contribution is 0.660. The van der Waals surface area contributed by atoms with Crippen molar-refractivity contribution in [2.75, 3.05) is 4.90 Å². The summed E-state index contributed by atoms with van der Waals surface area (Å²) in [4.78, 5) is 3.78. The molecule has 0 N–H and O–H groups in total. The molecule has 0 spiro atoms. The van der Waals surface area contributed by atoms with Gasteiger partial charge in [-0.1, -0.05) is 98.8 Å². The van der Waals surface area contributed by atoms with Crippen molar-refractivity contribution in [2.45, 2.75) is 19.3 Å². The predicted molar refractivity (Wildman–Crippen MR) is 189 cm³/mol. The molecule has 2 nitrogen and oxygen atoms in total. The van der Waals surface area contributed by atoms with Crippen LogP contribution in [0.2, 0.25) is 0 Å². The number of rotatable bonds is 3. The molecule has 0 bridgehead atoms. The summed E-state index contributed by atoms with van der Waals surface area (Å²) >= 11 is 1.90. The second-order valence-electron chi connectivity index (χ2n) is 12.6. The molecule has 1 aliphatic rings. The molecule has 44 heavy (non-hydrogen) atoms. The minimum absolute atomic E-state index is 0.0692. The molecule has 208 valence electrons. The maximum absolute atomic E-state index is 2.51. The van der Waals surface area contributed by atoms with Crippen molar-refractivity contribution in [1.82, 2.24) is 4.40 Å². The number of nitrogens with zero attached hydrogens (tertiary/aromatic N) is 2. The lowest BCUT2D eigenvalue weighted by Gasteiger charge is -2.28. The van der Waals surface area contributed by atoms with Gasteiger partial charge in [-0.05, 0) is 70.8 Å². The molecule has 3 heterocycles. The number of fused-ring (bicyclic) bond motifs is 11. The van der Waals surface area contributed by atoms with Gasteiger partial charge in [-0.3, -0.25) is 4.40 Å². The summed E-state index contributed by atoms with van der Waals surface area (Å²) in [7, 11) is 0. The van der Waals surface area contributed by atoms with Crippen molar-refractivity contribution >= 4 is 75.9 Å². The Morgan fingerprint density at radius 3 is 2.14 bits per heavy atom. The van der Waals surface area contributed by atoms with Gasteiger partial charge in [0.15, 0.2) is 0 Å². The van der Waals surface area contributed by atoms with Gasteiger partial charge in [0, 0.05) is 54.1 Å². The minimum atomic E-state index is -0.0692. The van der Waals surface area contributed by atoms with Gasteiger partial charge in [0.1, 0.15) is 4.83 Å². The molecule has 3 heteroatoms. The fourth-order valence-corrected chi connectivity index (χ4v) is 9.16. The third kappa shape index (κ3) is 3.04. The highest BCUT2D eigenvalue weighted by molar-refractivity contribution is 7.25. The second-order valence-corrected chi connectivity index (χ2v) is 13.6. The van der Waals surface area contributed by atoms with Crippen LogP contribution in [0.1, 0.15) is 25.0 Å². The molecule has 3 aromatic heterocycles. The summed E-state index contributed by atoms with van der Waals surface area (Å²) < 4.78 is 3.84. The van der Waals surface area contributed by atoms with Crippen LogP contribution in [0.4, 0.5) is 17.1 Å². The monoisotopic (exact) mass is 580 g/mol. The van der Waals surface area contributed by atoms with Crippen LogP contribution in [0.5, 0.6) is 0 Å². The van der Waals surface area contributed by atoms with E-state index in [2.05, 4.69) is 157 Å². The molecule has 1 aliphatic carbocycles. The van der Waals surface area contributed by atoms with Crippen molar-refractivity contribution in [1.29, 1.82) is 0 Å². The van der Waals surface area contributed by atoms with Crippen LogP contribution in [0.3, 0.4) is 0 Å². The van der Waals surface area contributed by atoms with E-state index in [0.29, 0.717) is 0 Å². The van der Waals surface area contributed by atoms with Crippen LogP contribution in [0, 0.1) is 0 Å². The number of anilines is 3. The Hall–Kier alpha value is -5.12. The van der Waals surface area contributed by atoms with Gasteiger partial charge < -0.3 is 4.90 Å². The molecule has 0 fully saturated rings. The highest BCUT2D eigenvalue weighted by Crippen LogP contribution is 2.52. The zero-order chi connectivity index (χ0) is 29.2. The maximum Gasteiger partial charge on any atom is 0.109 e. The van der Waals surface area contributed by atoms with Crippen LogP contribution in [0.25, 0.3) is 58.6 Å². The number of benzene rings is 6. The molecule has 0 unspecified atom stereocenters. The number of para-hydroxylation sites is 2. The summed E-state index contributed by atoms with van der Waals surface area (Å²) in [6.07, 6.45) is 0. The molecular weight excluding hydrogens is 553 g/mol. The largest absolute Gasteiger partial charge is 0.310 e. The first-order valence-corrected chi connectivity index (χ1v) is 16.1. The number of aromatic nitrogens is 1. The summed E-state index contributed by atoms with van der Waals surface area (Å²) in [5, 5.41) is 6.61. The van der Waals surface area contributed by atoms with Crippen molar-refractivity contribution in [3.05, 3.63) is 145 Å². The molecule has 0 saturated heterocycles. The quantitative estimate of drug-likeness (QED) is 0.202. The summed E-state index contributed by atoms with van der Waals surface area (Å²) in [5.74, 6) is 0. The third-order valence-electron chi connectivity index (χ3n) is 9.90. The molecule has 6 aromatic carbocycles. The third-order valence-corrected chi connectivity index (χ3v) is 11.1. The standard InChI is InChI=1S/C41H28N2S/c1-41(2)34-17-9-6-14-28(34)29-21-20-26(24-35(29)41)42(25-12-4-3-5-13-25)27-22-32-30-15-7-10-18-36(30)43-39(32)33(23-27)38-31-16-8-11-19-37(31)44-40(38)43/h3-24H,1-2H3. The number of thiophene rings is 1. The molecule has 10 rings (SSSR count). The first-order valence-electron chi connectivity index (χ1n) is 15.3. The summed E-state index contributed by atoms with van der Waals surface area (Å²) in [5.41, 5.74) is 11.5. The zero-order valence-electron chi connectivity index (χ0n) is 24.5. The summed E-state index contributed by atoms with van der Waals surface area (Å²) in [6.45, 7) is 4.72. The molecule has 0 saturated carbocycles. The Morgan fingerprint density at radius 1 is 0.545 bits per heavy atom. The molecule has 0 amide bonds. The average molecular weight is 581 g/mol. The average Bonchev–Trinajstić information content (AvgIpc) is 3.76. The van der Waals surface area contributed by atoms with Gasteiger partial charge in [0.2, 0.25) is 0 Å². The van der Waals surface area contributed by atoms with Crippen molar-refractivity contribution in [3.63, 3.8) is 0 Å². The Balaban J connectivity index is 1.30. The Bertz CT molecular complexity index is 2580. The molecule has 0 atom stereocenters. The van der Waals surface area contributed by atoms with Crippen molar-refractivity contribution < 1.29 is 0 Å². The van der Waals surface area contributed by atoms with Crippen LogP contribution in [-0.4, -0.2) is 4.40 Å². The first kappa shape index (κ1) is 24.3. The van der Waals surface area contributed by atoms with Gasteiger partial charge in [-0.25, -0.2) is 0 Å². The Labute approximate surface area is 259 Å². The van der Waals surface area contributed by atoms with Crippen LogP contribution in [0.15, 0.2) is 133 Å². The van der Waals surface area contributed by atoms with Gasteiger partial charge in [-0.15, -0.1) is 11.3 Å². The fourth-order valence-electron chi connectivity index (χ4n) is 7.92. The SMILES string of the molecule is CC1(C)c2ccccc2-c2ccc(N(c3ccccc3)c3cc4c5ccccc5n5c6sc7ccccc7c6c(c3)c45)cc21. The van der Waals surface area contributed by atoms with E-state index in [1.54, 1.807) is 0 Å². The van der Waals surface area contributed by atoms with Crippen molar-refractivity contribution in [2.24, 2.45) is 0 Å². The van der Waals surface area contributed by atoms with E-state index < -0.39 is 0 Å². The smallest absolute Gasteiger partial charge is 0.109 e. The van der Waals surface area contributed by atoms with E-state index in [4.69, 9.17) is 0 Å². The van der Waals surface area contributed by atoms with Crippen LogP contribution in [-0.2, 0) is 5.41 Å². The van der Waals surface area contributed by atoms with Crippen LogP contribution < -0.4 is 4.90 Å². The van der Waals surface area contributed by atoms with Gasteiger partial charge in [0.05, 0.1) is 11.0 Å². The highest BCUT2D eigenvalue weighted by Gasteiger charge is 2.36. The van der Waals surface area contributed by atoms with Gasteiger partial charge in [0.25, 0.3) is 0 Å². The molecule has 9 aromatic rings. The first-order chi connectivity index (χ1) is 21.6. The van der Waals surface area contributed by atoms with Gasteiger partial charge in [-0.2, -0.15) is 0 Å². The number of hydrogen-bond donors (Lipinski definition) is 0. The fraction of sp³-hybridized carbons (Fsp3) is 0.0732. The molecule has 0 aliphatic heterocycles. The second kappa shape index (κ2) is 8.49. The normalized spacial score (nSPS) is 13.9. The number of hydrogen-bond acceptors (Lipinski definition) is 2. The van der Waals surface area contributed by atoms with Crippen LogP contribution >= 0.6 is 11.3 Å². The zero-order valence-corrected chi connectivity index (χ0v) is 25.3. The Morgan fingerprint density at radius 2 is 1.25 bits per heavy atom. The maximum atomic E-state index is 2.51. The van der Waals surface area contributed by atoms with E-state index in [1.807, 2.05) is 11.3 Å². The molecular formula is C41H28N2S. The predicted octanol–water partition coefficient (Wildman–Crippen LogP) is 11.8. The summed E-state index contributed by atoms with van der Waals surface area (Å²) in [6, 6.07) is 49.4. The van der Waals surface area contributed by atoms with E-state index in [9.17, 15) is 0 Å². The van der Waals surface area contributed by atoms with E-state index in [0.717, 1.165) is 5.69 Å². The van der Waals surface area contributed by atoms with Gasteiger partial charge >= 0.3 is 0 Å². The van der Waals surface area contributed by atoms with E-state index in [1.165, 1.54) is 81.1 Å². The highest BCUT2D eigenvalue weighted by atomic mass is 32.1. The van der Waals surface area contributed by atoms with Crippen molar-refractivity contribution in [3.8, 4) is 11.1 Å². The topological polar surface area (TPSA) is 7.65 Å². The minimum Gasteiger partial charge on any atom is -0.310 e. The lowest BCUT2D eigenvalue weighted by Crippen LogP contribution is -2.16.